The third-order valence-electron chi connectivity index (χ3n) is 6.91. The van der Waals surface area contributed by atoms with Crippen LogP contribution in [-0.4, -0.2) is 13.2 Å². The zero-order chi connectivity index (χ0) is 23.6. The third-order valence-corrected chi connectivity index (χ3v) is 7.23. The number of rotatable bonds is 14. The highest BCUT2D eigenvalue weighted by molar-refractivity contribution is 6.37. The monoisotopic (exact) mass is 468 g/mol. The number of ether oxygens (including phenoxy) is 2. The summed E-state index contributed by atoms with van der Waals surface area (Å²) in [5, 5.41) is 4.93. The Morgan fingerprint density at radius 1 is 0.667 bits per heavy atom. The molecule has 3 heteroatoms. The van der Waals surface area contributed by atoms with Gasteiger partial charge in [0, 0.05) is 21.5 Å². The topological polar surface area (TPSA) is 18.5 Å². The van der Waals surface area contributed by atoms with Gasteiger partial charge in [0.1, 0.15) is 11.5 Å². The number of hydrogen-bond donors (Lipinski definition) is 0. The van der Waals surface area contributed by atoms with E-state index in [4.69, 9.17) is 21.1 Å². The van der Waals surface area contributed by atoms with Gasteiger partial charge in [-0.15, -0.1) is 0 Å². The maximum atomic E-state index is 6.79. The van der Waals surface area contributed by atoms with Crippen molar-refractivity contribution in [2.24, 2.45) is 11.8 Å². The molecule has 0 aromatic heterocycles. The van der Waals surface area contributed by atoms with E-state index in [2.05, 4.69) is 58.0 Å². The molecule has 0 radical (unpaired) electrons. The van der Waals surface area contributed by atoms with Crippen molar-refractivity contribution in [3.8, 4) is 11.5 Å². The average Bonchev–Trinajstić information content (AvgIpc) is 2.84. The standard InChI is InChI=1S/C30H41ClO2/c1-5-9-14-22(7-3)20-32-29-24-16-11-12-17-25(24)30(28-26(29)18-13-19-27(28)31)33-21-23(8-4)15-10-6-2/h11-13,16-19,22-23H,5-10,14-15,20-21H2,1-4H3. The fraction of sp³-hybridized carbons (Fsp3) is 0.533. The van der Waals surface area contributed by atoms with E-state index in [-0.39, 0.29) is 0 Å². The summed E-state index contributed by atoms with van der Waals surface area (Å²) in [4.78, 5) is 0. The second kappa shape index (κ2) is 13.1. The molecule has 0 fully saturated rings. The first-order valence-electron chi connectivity index (χ1n) is 13.0. The van der Waals surface area contributed by atoms with E-state index in [1.807, 2.05) is 12.1 Å². The highest BCUT2D eigenvalue weighted by Crippen LogP contribution is 2.45. The predicted molar refractivity (Wildman–Crippen MR) is 144 cm³/mol. The Kier molecular flexibility index (Phi) is 10.2. The van der Waals surface area contributed by atoms with Gasteiger partial charge in [-0.2, -0.15) is 0 Å². The van der Waals surface area contributed by atoms with Gasteiger partial charge < -0.3 is 9.47 Å². The second-order valence-corrected chi connectivity index (χ2v) is 9.73. The van der Waals surface area contributed by atoms with Crippen molar-refractivity contribution in [1.82, 2.24) is 0 Å². The van der Waals surface area contributed by atoms with Gasteiger partial charge in [-0.25, -0.2) is 0 Å². The molecule has 0 bridgehead atoms. The molecule has 2 unspecified atom stereocenters. The van der Waals surface area contributed by atoms with Gasteiger partial charge in [0.15, 0.2) is 0 Å². The molecule has 0 aliphatic heterocycles. The van der Waals surface area contributed by atoms with E-state index in [1.165, 1.54) is 38.5 Å². The van der Waals surface area contributed by atoms with Gasteiger partial charge in [0.25, 0.3) is 0 Å². The summed E-state index contributed by atoms with van der Waals surface area (Å²) in [6, 6.07) is 14.5. The number of halogens is 1. The first kappa shape index (κ1) is 25.7. The summed E-state index contributed by atoms with van der Waals surface area (Å²) in [5.74, 6) is 2.95. The van der Waals surface area contributed by atoms with Crippen molar-refractivity contribution < 1.29 is 9.47 Å². The van der Waals surface area contributed by atoms with E-state index in [9.17, 15) is 0 Å². The molecular weight excluding hydrogens is 428 g/mol. The number of unbranched alkanes of at least 4 members (excludes halogenated alkanes) is 2. The largest absolute Gasteiger partial charge is 0.492 e. The first-order valence-corrected chi connectivity index (χ1v) is 13.4. The van der Waals surface area contributed by atoms with Crippen molar-refractivity contribution in [2.75, 3.05) is 13.2 Å². The average molecular weight is 469 g/mol. The lowest BCUT2D eigenvalue weighted by atomic mass is 9.98. The van der Waals surface area contributed by atoms with Crippen LogP contribution < -0.4 is 9.47 Å². The maximum absolute atomic E-state index is 6.79. The van der Waals surface area contributed by atoms with E-state index in [0.717, 1.165) is 64.1 Å². The van der Waals surface area contributed by atoms with Crippen LogP contribution in [0.25, 0.3) is 21.5 Å². The molecule has 33 heavy (non-hydrogen) atoms. The first-order chi connectivity index (χ1) is 16.1. The summed E-state index contributed by atoms with van der Waals surface area (Å²) >= 11 is 6.79. The van der Waals surface area contributed by atoms with Crippen molar-refractivity contribution in [2.45, 2.75) is 79.1 Å². The maximum Gasteiger partial charge on any atom is 0.136 e. The molecule has 3 aromatic rings. The zero-order valence-corrected chi connectivity index (χ0v) is 21.7. The van der Waals surface area contributed by atoms with Crippen LogP contribution in [0.3, 0.4) is 0 Å². The van der Waals surface area contributed by atoms with Crippen molar-refractivity contribution >= 4 is 33.1 Å². The molecular formula is C30H41ClO2. The molecule has 0 amide bonds. The number of fused-ring (bicyclic) bond motifs is 2. The quantitative estimate of drug-likeness (QED) is 0.219. The molecule has 0 aliphatic rings. The van der Waals surface area contributed by atoms with Crippen LogP contribution in [-0.2, 0) is 0 Å². The van der Waals surface area contributed by atoms with Crippen molar-refractivity contribution in [3.05, 3.63) is 47.5 Å². The number of benzene rings is 3. The molecule has 180 valence electrons. The normalized spacial score (nSPS) is 13.4. The Morgan fingerprint density at radius 2 is 1.18 bits per heavy atom. The molecule has 3 aromatic carbocycles. The lowest BCUT2D eigenvalue weighted by molar-refractivity contribution is 0.234. The summed E-state index contributed by atoms with van der Waals surface area (Å²) in [6.07, 6.45) is 9.61. The highest BCUT2D eigenvalue weighted by atomic mass is 35.5. The number of hydrogen-bond acceptors (Lipinski definition) is 2. The molecule has 0 saturated carbocycles. The Bertz CT molecular complexity index is 1010. The van der Waals surface area contributed by atoms with Crippen LogP contribution in [0.4, 0.5) is 0 Å². The van der Waals surface area contributed by atoms with Crippen LogP contribution >= 0.6 is 11.6 Å². The van der Waals surface area contributed by atoms with Crippen LogP contribution in [0.5, 0.6) is 11.5 Å². The van der Waals surface area contributed by atoms with Crippen LogP contribution in [0.2, 0.25) is 5.02 Å². The van der Waals surface area contributed by atoms with Gasteiger partial charge in [0.05, 0.1) is 18.2 Å². The molecule has 0 heterocycles. The Morgan fingerprint density at radius 3 is 1.73 bits per heavy atom. The molecule has 0 saturated heterocycles. The third kappa shape index (κ3) is 6.35. The minimum absolute atomic E-state index is 0.557. The Balaban J connectivity index is 2.03. The van der Waals surface area contributed by atoms with Gasteiger partial charge in [-0.3, -0.25) is 0 Å². The van der Waals surface area contributed by atoms with E-state index >= 15 is 0 Å². The molecule has 2 nitrogen and oxygen atoms in total. The van der Waals surface area contributed by atoms with Gasteiger partial charge >= 0.3 is 0 Å². The molecule has 0 aliphatic carbocycles. The van der Waals surface area contributed by atoms with Gasteiger partial charge in [0.2, 0.25) is 0 Å². The predicted octanol–water partition coefficient (Wildman–Crippen LogP) is 9.84. The van der Waals surface area contributed by atoms with Crippen molar-refractivity contribution in [1.29, 1.82) is 0 Å². The summed E-state index contributed by atoms with van der Waals surface area (Å²) in [7, 11) is 0. The summed E-state index contributed by atoms with van der Waals surface area (Å²) < 4.78 is 13.2. The van der Waals surface area contributed by atoms with E-state index < -0.39 is 0 Å². The van der Waals surface area contributed by atoms with E-state index in [1.54, 1.807) is 0 Å². The molecule has 3 rings (SSSR count). The Labute approximate surface area is 205 Å². The van der Waals surface area contributed by atoms with Crippen LogP contribution in [0, 0.1) is 11.8 Å². The SMILES string of the molecule is CCCCC(CC)COc1c2ccccc2c(OCC(CC)CCCC)c2c(Cl)cccc12. The van der Waals surface area contributed by atoms with Crippen LogP contribution in [0.15, 0.2) is 42.5 Å². The van der Waals surface area contributed by atoms with E-state index in [0.29, 0.717) is 11.8 Å². The minimum atomic E-state index is 0.557. The molecule has 2 atom stereocenters. The van der Waals surface area contributed by atoms with Crippen LogP contribution in [0.1, 0.15) is 79.1 Å². The fourth-order valence-corrected chi connectivity index (χ4v) is 4.87. The molecule has 0 N–H and O–H groups in total. The summed E-state index contributed by atoms with van der Waals surface area (Å²) in [5.41, 5.74) is 0. The lowest BCUT2D eigenvalue weighted by Gasteiger charge is -2.22. The zero-order valence-electron chi connectivity index (χ0n) is 21.0. The van der Waals surface area contributed by atoms with Gasteiger partial charge in [-0.1, -0.05) is 114 Å². The highest BCUT2D eigenvalue weighted by Gasteiger charge is 2.20. The van der Waals surface area contributed by atoms with Gasteiger partial charge in [-0.05, 0) is 30.7 Å². The lowest BCUT2D eigenvalue weighted by Crippen LogP contribution is -2.13. The second-order valence-electron chi connectivity index (χ2n) is 9.32. The van der Waals surface area contributed by atoms with Crippen molar-refractivity contribution in [3.63, 3.8) is 0 Å². The minimum Gasteiger partial charge on any atom is -0.492 e. The molecule has 0 spiro atoms. The smallest absolute Gasteiger partial charge is 0.136 e. The Hall–Kier alpha value is -1.93. The summed E-state index contributed by atoms with van der Waals surface area (Å²) in [6.45, 7) is 10.5. The fourth-order valence-electron chi connectivity index (χ4n) is 4.61.